The van der Waals surface area contributed by atoms with Crippen molar-refractivity contribution in [2.24, 2.45) is 0 Å². The minimum Gasteiger partial charge on any atom is -0.478 e. The van der Waals surface area contributed by atoms with Crippen LogP contribution in [0.25, 0.3) is 22.5 Å². The van der Waals surface area contributed by atoms with Gasteiger partial charge in [0.05, 0.1) is 11.6 Å². The fourth-order valence-electron chi connectivity index (χ4n) is 2.83. The molecule has 0 saturated heterocycles. The summed E-state index contributed by atoms with van der Waals surface area (Å²) in [5.74, 6) is 0.261. The van der Waals surface area contributed by atoms with Gasteiger partial charge in [-0.2, -0.15) is 0 Å². The van der Waals surface area contributed by atoms with Gasteiger partial charge in [0.1, 0.15) is 5.58 Å². The first kappa shape index (κ1) is 16.8. The number of furan rings is 1. The highest BCUT2D eigenvalue weighted by atomic mass is 16.5. The van der Waals surface area contributed by atoms with Crippen LogP contribution >= 0.6 is 0 Å². The zero-order chi connectivity index (χ0) is 18.8. The van der Waals surface area contributed by atoms with Crippen molar-refractivity contribution in [2.45, 2.75) is 6.92 Å². The lowest BCUT2D eigenvalue weighted by molar-refractivity contribution is 0.0920. The maximum absolute atomic E-state index is 13.0. The molecule has 4 aromatic rings. The number of benzene rings is 2. The molecule has 2 aromatic heterocycles. The largest absolute Gasteiger partial charge is 0.478 e. The van der Waals surface area contributed by atoms with Gasteiger partial charge in [0.2, 0.25) is 16.9 Å². The maximum atomic E-state index is 13.0. The number of carbonyl (C=O) groups is 1. The molecule has 5 nitrogen and oxygen atoms in total. The van der Waals surface area contributed by atoms with Gasteiger partial charge in [-0.1, -0.05) is 36.4 Å². The summed E-state index contributed by atoms with van der Waals surface area (Å²) >= 11 is 0. The van der Waals surface area contributed by atoms with Gasteiger partial charge >= 0.3 is 0 Å². The van der Waals surface area contributed by atoms with Crippen molar-refractivity contribution in [2.75, 3.05) is 6.61 Å². The number of ketones is 1. The Balaban J connectivity index is 1.77. The number of hydrogen-bond acceptors (Lipinski definition) is 5. The minimum absolute atomic E-state index is 0.0365. The molecule has 0 spiro atoms. The van der Waals surface area contributed by atoms with Crippen LogP contribution in [-0.2, 0) is 0 Å². The molecule has 0 saturated carbocycles. The molecule has 0 radical (unpaired) electrons. The molecule has 4 rings (SSSR count). The van der Waals surface area contributed by atoms with Crippen LogP contribution in [0, 0.1) is 6.92 Å². The van der Waals surface area contributed by atoms with E-state index in [1.165, 1.54) is 6.26 Å². The highest BCUT2D eigenvalue weighted by Gasteiger charge is 2.21. The van der Waals surface area contributed by atoms with Gasteiger partial charge in [0.15, 0.2) is 18.2 Å². The Morgan fingerprint density at radius 2 is 1.85 bits per heavy atom. The quantitative estimate of drug-likeness (QED) is 0.486. The van der Waals surface area contributed by atoms with Crippen molar-refractivity contribution < 1.29 is 18.4 Å². The van der Waals surface area contributed by atoms with E-state index in [1.807, 2.05) is 19.1 Å². The van der Waals surface area contributed by atoms with Gasteiger partial charge in [0.25, 0.3) is 0 Å². The van der Waals surface area contributed by atoms with Crippen molar-refractivity contribution in [1.82, 2.24) is 0 Å². The van der Waals surface area contributed by atoms with Crippen LogP contribution in [0.3, 0.4) is 0 Å². The van der Waals surface area contributed by atoms with Gasteiger partial charge in [-0.25, -0.2) is 0 Å². The third-order valence-corrected chi connectivity index (χ3v) is 4.19. The Morgan fingerprint density at radius 3 is 2.59 bits per heavy atom. The lowest BCUT2D eigenvalue weighted by atomic mass is 10.1. The summed E-state index contributed by atoms with van der Waals surface area (Å²) in [4.78, 5) is 25.3. The predicted octanol–water partition coefficient (Wildman–Crippen LogP) is 4.62. The Morgan fingerprint density at radius 1 is 1.04 bits per heavy atom. The first-order valence-corrected chi connectivity index (χ1v) is 8.46. The van der Waals surface area contributed by atoms with Gasteiger partial charge in [-0.3, -0.25) is 9.59 Å². The Bertz CT molecular complexity index is 1150. The van der Waals surface area contributed by atoms with E-state index in [2.05, 4.69) is 0 Å². The van der Waals surface area contributed by atoms with Crippen molar-refractivity contribution in [3.05, 3.63) is 88.3 Å². The number of ether oxygens (including phenoxy) is 1. The van der Waals surface area contributed by atoms with Crippen molar-refractivity contribution >= 4 is 16.8 Å². The molecule has 2 heterocycles. The van der Waals surface area contributed by atoms with Crippen LogP contribution < -0.4 is 10.2 Å². The summed E-state index contributed by atoms with van der Waals surface area (Å²) in [6, 6.07) is 17.4. The van der Waals surface area contributed by atoms with E-state index in [1.54, 1.807) is 48.5 Å². The molecule has 5 heteroatoms. The van der Waals surface area contributed by atoms with E-state index in [-0.39, 0.29) is 29.3 Å². The van der Waals surface area contributed by atoms with Crippen LogP contribution in [0.15, 0.2) is 80.6 Å². The molecule has 27 heavy (non-hydrogen) atoms. The summed E-state index contributed by atoms with van der Waals surface area (Å²) in [5.41, 5.74) is 1.57. The predicted molar refractivity (Wildman–Crippen MR) is 101 cm³/mol. The van der Waals surface area contributed by atoms with E-state index in [9.17, 15) is 9.59 Å². The van der Waals surface area contributed by atoms with Gasteiger partial charge < -0.3 is 13.6 Å². The summed E-state index contributed by atoms with van der Waals surface area (Å²) in [6.45, 7) is 1.63. The smallest absolute Gasteiger partial charge is 0.235 e. The van der Waals surface area contributed by atoms with Crippen LogP contribution in [0.1, 0.15) is 15.9 Å². The third kappa shape index (κ3) is 3.27. The van der Waals surface area contributed by atoms with E-state index >= 15 is 0 Å². The molecule has 0 N–H and O–H groups in total. The molecule has 0 aliphatic heterocycles. The molecule has 0 fully saturated rings. The van der Waals surface area contributed by atoms with Gasteiger partial charge in [-0.15, -0.1) is 0 Å². The van der Waals surface area contributed by atoms with Crippen LogP contribution in [0.4, 0.5) is 0 Å². The molecular formula is C22H16O5. The average molecular weight is 360 g/mol. The van der Waals surface area contributed by atoms with E-state index in [4.69, 9.17) is 13.6 Å². The van der Waals surface area contributed by atoms with E-state index in [0.29, 0.717) is 22.3 Å². The summed E-state index contributed by atoms with van der Waals surface area (Å²) in [6.07, 6.45) is 1.48. The summed E-state index contributed by atoms with van der Waals surface area (Å²) in [5, 5.41) is 0.387. The fraction of sp³-hybridized carbons (Fsp3) is 0.0909. The number of carbonyl (C=O) groups excluding carboxylic acids is 1. The third-order valence-electron chi connectivity index (χ3n) is 4.19. The standard InChI is InChI=1S/C22H16O5/c1-14-9-10-16-19(12-14)27-21(18-8-5-11-25-18)22(20(16)24)26-13-17(23)15-6-3-2-4-7-15/h2-12H,13H2,1H3. The molecule has 0 bridgehead atoms. The second-order valence-electron chi connectivity index (χ2n) is 6.14. The van der Waals surface area contributed by atoms with Crippen molar-refractivity contribution in [3.8, 4) is 17.3 Å². The number of aryl methyl sites for hydroxylation is 1. The average Bonchev–Trinajstić information content (AvgIpc) is 3.22. The van der Waals surface area contributed by atoms with E-state index in [0.717, 1.165) is 5.56 Å². The van der Waals surface area contributed by atoms with Crippen molar-refractivity contribution in [1.29, 1.82) is 0 Å². The minimum atomic E-state index is -0.344. The highest BCUT2D eigenvalue weighted by molar-refractivity contribution is 5.97. The zero-order valence-electron chi connectivity index (χ0n) is 14.6. The van der Waals surface area contributed by atoms with Crippen LogP contribution in [0.5, 0.6) is 5.75 Å². The Hall–Kier alpha value is -3.60. The summed E-state index contributed by atoms with van der Waals surface area (Å²) in [7, 11) is 0. The first-order chi connectivity index (χ1) is 13.1. The molecular weight excluding hydrogens is 344 g/mol. The molecule has 134 valence electrons. The van der Waals surface area contributed by atoms with E-state index < -0.39 is 0 Å². The Labute approximate surface area is 154 Å². The lowest BCUT2D eigenvalue weighted by Crippen LogP contribution is -2.17. The topological polar surface area (TPSA) is 69.7 Å². The second kappa shape index (κ2) is 6.96. The molecule has 0 unspecified atom stereocenters. The van der Waals surface area contributed by atoms with Crippen molar-refractivity contribution in [3.63, 3.8) is 0 Å². The first-order valence-electron chi connectivity index (χ1n) is 8.46. The number of rotatable bonds is 5. The van der Waals surface area contributed by atoms with Crippen LogP contribution in [-0.4, -0.2) is 12.4 Å². The van der Waals surface area contributed by atoms with Gasteiger partial charge in [-0.05, 0) is 36.8 Å². The second-order valence-corrected chi connectivity index (χ2v) is 6.14. The number of hydrogen-bond donors (Lipinski definition) is 0. The van der Waals surface area contributed by atoms with Gasteiger partial charge in [0, 0.05) is 5.56 Å². The Kier molecular flexibility index (Phi) is 4.34. The molecule has 0 amide bonds. The normalized spacial score (nSPS) is 10.9. The van der Waals surface area contributed by atoms with Crippen LogP contribution in [0.2, 0.25) is 0 Å². The molecule has 0 aliphatic rings. The highest BCUT2D eigenvalue weighted by Crippen LogP contribution is 2.31. The maximum Gasteiger partial charge on any atom is 0.235 e. The zero-order valence-corrected chi connectivity index (χ0v) is 14.6. The fourth-order valence-corrected chi connectivity index (χ4v) is 2.83. The SMILES string of the molecule is Cc1ccc2c(=O)c(OCC(=O)c3ccccc3)c(-c3ccco3)oc2c1. The number of Topliss-reactive ketones (excluding diaryl/α,β-unsaturated/α-hetero) is 1. The summed E-state index contributed by atoms with van der Waals surface area (Å²) < 4.78 is 16.9. The number of fused-ring (bicyclic) bond motifs is 1. The molecule has 2 aromatic carbocycles. The monoisotopic (exact) mass is 360 g/mol. The lowest BCUT2D eigenvalue weighted by Gasteiger charge is -2.10. The molecule has 0 aliphatic carbocycles. The molecule has 0 atom stereocenters.